The number of methoxy groups -OCH3 is 1. The number of pyridine rings is 1. The summed E-state index contributed by atoms with van der Waals surface area (Å²) in [5, 5.41) is 3.21. The molecule has 1 aromatic carbocycles. The molecule has 3 heterocycles. The monoisotopic (exact) mass is 446 g/mol. The zero-order valence-electron chi connectivity index (χ0n) is 16.9. The third-order valence-electron chi connectivity index (χ3n) is 5.35. The second-order valence-corrected chi connectivity index (χ2v) is 7.78. The number of carbonyl (C=O) groups excluding carboxylic acids is 1. The molecular formula is C22H21ClF2N4O2. The van der Waals surface area contributed by atoms with Crippen LogP contribution in [0.3, 0.4) is 0 Å². The van der Waals surface area contributed by atoms with E-state index < -0.39 is 23.6 Å². The summed E-state index contributed by atoms with van der Waals surface area (Å²) in [5.41, 5.74) is 1.23. The van der Waals surface area contributed by atoms with E-state index in [4.69, 9.17) is 16.3 Å². The van der Waals surface area contributed by atoms with Crippen molar-refractivity contribution in [1.82, 2.24) is 15.2 Å². The van der Waals surface area contributed by atoms with Crippen molar-refractivity contribution in [2.45, 2.75) is 18.9 Å². The number of rotatable bonds is 5. The summed E-state index contributed by atoms with van der Waals surface area (Å²) >= 11 is 6.31. The number of amidine groups is 1. The van der Waals surface area contributed by atoms with Gasteiger partial charge in [0.1, 0.15) is 17.6 Å². The van der Waals surface area contributed by atoms with Gasteiger partial charge < -0.3 is 10.1 Å². The van der Waals surface area contributed by atoms with Gasteiger partial charge in [-0.05, 0) is 50.2 Å². The first kappa shape index (κ1) is 21.4. The van der Waals surface area contributed by atoms with Crippen LogP contribution in [0.15, 0.2) is 52.8 Å². The maximum absolute atomic E-state index is 14.5. The van der Waals surface area contributed by atoms with E-state index >= 15 is 0 Å². The summed E-state index contributed by atoms with van der Waals surface area (Å²) < 4.78 is 33.2. The van der Waals surface area contributed by atoms with Gasteiger partial charge in [-0.2, -0.15) is 0 Å². The average molecular weight is 447 g/mol. The normalized spacial score (nSPS) is 19.2. The zero-order valence-corrected chi connectivity index (χ0v) is 17.6. The van der Waals surface area contributed by atoms with Crippen LogP contribution in [0, 0.1) is 11.6 Å². The Balaban J connectivity index is 1.86. The van der Waals surface area contributed by atoms with Crippen molar-refractivity contribution in [2.24, 2.45) is 4.99 Å². The first-order valence-corrected chi connectivity index (χ1v) is 10.3. The highest BCUT2D eigenvalue weighted by Gasteiger charge is 2.35. The van der Waals surface area contributed by atoms with Crippen molar-refractivity contribution in [3.8, 4) is 0 Å². The number of halogens is 3. The maximum Gasteiger partial charge on any atom is 0.338 e. The highest BCUT2D eigenvalue weighted by atomic mass is 35.5. The Labute approximate surface area is 183 Å². The van der Waals surface area contributed by atoms with Crippen molar-refractivity contribution in [3.05, 3.63) is 75.7 Å². The van der Waals surface area contributed by atoms with Crippen LogP contribution in [0.1, 0.15) is 30.1 Å². The molecule has 31 heavy (non-hydrogen) atoms. The molecule has 0 saturated carbocycles. The average Bonchev–Trinajstić information content (AvgIpc) is 3.26. The van der Waals surface area contributed by atoms with Crippen LogP contribution in [-0.4, -0.2) is 48.4 Å². The molecule has 162 valence electrons. The maximum atomic E-state index is 14.5. The van der Waals surface area contributed by atoms with Gasteiger partial charge in [-0.25, -0.2) is 18.6 Å². The number of nitrogens with one attached hydrogen (secondary N) is 1. The van der Waals surface area contributed by atoms with Crippen molar-refractivity contribution >= 4 is 23.4 Å². The first-order valence-electron chi connectivity index (χ1n) is 9.92. The van der Waals surface area contributed by atoms with E-state index in [1.165, 1.54) is 37.6 Å². The van der Waals surface area contributed by atoms with Crippen LogP contribution < -0.4 is 5.32 Å². The Morgan fingerprint density at radius 2 is 2.06 bits per heavy atom. The molecule has 9 heteroatoms. The molecule has 1 fully saturated rings. The molecule has 4 rings (SSSR count). The first-order chi connectivity index (χ1) is 15.0. The minimum Gasteiger partial charge on any atom is -0.466 e. The lowest BCUT2D eigenvalue weighted by molar-refractivity contribution is -0.136. The topological polar surface area (TPSA) is 66.8 Å². The summed E-state index contributed by atoms with van der Waals surface area (Å²) in [7, 11) is 1.28. The molecule has 0 spiro atoms. The second-order valence-electron chi connectivity index (χ2n) is 7.37. The Bertz CT molecular complexity index is 1070. The number of hydrogen-bond donors (Lipinski definition) is 1. The summed E-state index contributed by atoms with van der Waals surface area (Å²) in [5.74, 6) is -1.48. The molecule has 1 N–H and O–H groups in total. The smallest absolute Gasteiger partial charge is 0.338 e. The van der Waals surface area contributed by atoms with E-state index in [1.807, 2.05) is 0 Å². The Morgan fingerprint density at radius 3 is 2.74 bits per heavy atom. The van der Waals surface area contributed by atoms with Gasteiger partial charge in [0.05, 0.1) is 12.7 Å². The number of likely N-dealkylation sites (tertiary alicyclic amines) is 1. The Kier molecular flexibility index (Phi) is 6.29. The van der Waals surface area contributed by atoms with Gasteiger partial charge in [0.15, 0.2) is 11.7 Å². The van der Waals surface area contributed by atoms with Crippen LogP contribution in [0.4, 0.5) is 8.78 Å². The highest BCUT2D eigenvalue weighted by Crippen LogP contribution is 2.36. The fraction of sp³-hybridized carbons (Fsp3) is 0.318. The van der Waals surface area contributed by atoms with Crippen molar-refractivity contribution in [2.75, 3.05) is 26.7 Å². The van der Waals surface area contributed by atoms with Crippen LogP contribution in [0.2, 0.25) is 5.02 Å². The SMILES string of the molecule is COC(=O)C1=C(CN2CCCC2)NC(c2ncccc2F)=NC1c1ccc(F)cc1Cl. The van der Waals surface area contributed by atoms with Gasteiger partial charge in [-0.1, -0.05) is 17.7 Å². The van der Waals surface area contributed by atoms with E-state index in [9.17, 15) is 13.6 Å². The molecular weight excluding hydrogens is 426 g/mol. The summed E-state index contributed by atoms with van der Waals surface area (Å²) in [4.78, 5) is 23.7. The number of nitrogens with zero attached hydrogens (tertiary/aromatic N) is 3. The molecule has 0 radical (unpaired) electrons. The van der Waals surface area contributed by atoms with E-state index in [0.29, 0.717) is 17.8 Å². The number of ether oxygens (including phenoxy) is 1. The molecule has 1 unspecified atom stereocenters. The number of hydrogen-bond acceptors (Lipinski definition) is 6. The lowest BCUT2D eigenvalue weighted by Crippen LogP contribution is -2.39. The summed E-state index contributed by atoms with van der Waals surface area (Å²) in [6.07, 6.45) is 3.58. The van der Waals surface area contributed by atoms with Gasteiger partial charge in [0, 0.05) is 29.0 Å². The van der Waals surface area contributed by atoms with Gasteiger partial charge in [0.2, 0.25) is 0 Å². The van der Waals surface area contributed by atoms with Crippen LogP contribution in [-0.2, 0) is 9.53 Å². The standard InChI is InChI=1S/C22H21ClF2N4O2/c1-31-22(30)18-17(12-29-9-2-3-10-29)27-21(20-16(25)5-4-8-26-20)28-19(18)14-7-6-13(24)11-15(14)23/h4-8,11,19H,2-3,9-10,12H2,1H3,(H,27,28). The van der Waals surface area contributed by atoms with Gasteiger partial charge >= 0.3 is 5.97 Å². The highest BCUT2D eigenvalue weighted by molar-refractivity contribution is 6.31. The molecule has 1 aromatic heterocycles. The predicted octanol–water partition coefficient (Wildman–Crippen LogP) is 3.63. The van der Waals surface area contributed by atoms with Crippen LogP contribution in [0.25, 0.3) is 0 Å². The molecule has 0 bridgehead atoms. The number of benzene rings is 1. The van der Waals surface area contributed by atoms with Gasteiger partial charge in [-0.15, -0.1) is 0 Å². The van der Waals surface area contributed by atoms with Crippen molar-refractivity contribution in [3.63, 3.8) is 0 Å². The second kappa shape index (κ2) is 9.11. The molecule has 0 aliphatic carbocycles. The van der Waals surface area contributed by atoms with E-state index in [2.05, 4.69) is 20.2 Å². The lowest BCUT2D eigenvalue weighted by Gasteiger charge is -2.29. The Hall–Kier alpha value is -2.84. The number of esters is 1. The molecule has 0 amide bonds. The zero-order chi connectivity index (χ0) is 22.0. The van der Waals surface area contributed by atoms with Gasteiger partial charge in [0.25, 0.3) is 0 Å². The quantitative estimate of drug-likeness (QED) is 0.710. The van der Waals surface area contributed by atoms with Gasteiger partial charge in [-0.3, -0.25) is 9.89 Å². The number of aromatic nitrogens is 1. The molecule has 2 aliphatic heterocycles. The Morgan fingerprint density at radius 1 is 1.29 bits per heavy atom. The number of carbonyl (C=O) groups is 1. The van der Waals surface area contributed by atoms with E-state index in [0.717, 1.165) is 32.0 Å². The third-order valence-corrected chi connectivity index (χ3v) is 5.68. The van der Waals surface area contributed by atoms with Crippen LogP contribution >= 0.6 is 11.6 Å². The molecule has 2 aromatic rings. The van der Waals surface area contributed by atoms with E-state index in [1.54, 1.807) is 0 Å². The largest absolute Gasteiger partial charge is 0.466 e. The fourth-order valence-electron chi connectivity index (χ4n) is 3.86. The fourth-order valence-corrected chi connectivity index (χ4v) is 4.13. The van der Waals surface area contributed by atoms with Crippen molar-refractivity contribution in [1.29, 1.82) is 0 Å². The third kappa shape index (κ3) is 4.45. The molecule has 1 atom stereocenters. The van der Waals surface area contributed by atoms with Crippen LogP contribution in [0.5, 0.6) is 0 Å². The summed E-state index contributed by atoms with van der Waals surface area (Å²) in [6, 6.07) is 5.74. The minimum absolute atomic E-state index is 0.0218. The predicted molar refractivity (Wildman–Crippen MR) is 113 cm³/mol. The molecule has 2 aliphatic rings. The summed E-state index contributed by atoms with van der Waals surface area (Å²) in [6.45, 7) is 2.19. The van der Waals surface area contributed by atoms with Crippen molar-refractivity contribution < 1.29 is 18.3 Å². The lowest BCUT2D eigenvalue weighted by atomic mass is 9.95. The van der Waals surface area contributed by atoms with E-state index in [-0.39, 0.29) is 22.1 Å². The minimum atomic E-state index is -0.907. The molecule has 1 saturated heterocycles. The molecule has 6 nitrogen and oxygen atoms in total. The number of aliphatic imine (C=N–C) groups is 1.